The van der Waals surface area contributed by atoms with Gasteiger partial charge in [0, 0.05) is 0 Å². The Kier molecular flexibility index (Phi) is 8.72. The van der Waals surface area contributed by atoms with Crippen molar-refractivity contribution in [2.24, 2.45) is 10.8 Å². The first-order valence-corrected chi connectivity index (χ1v) is 10.4. The summed E-state index contributed by atoms with van der Waals surface area (Å²) >= 11 is 0. The van der Waals surface area contributed by atoms with Gasteiger partial charge in [0.1, 0.15) is 0 Å². The molecule has 0 saturated carbocycles. The Morgan fingerprint density at radius 2 is 1.25 bits per heavy atom. The van der Waals surface area contributed by atoms with Gasteiger partial charge in [-0.05, 0) is 96.8 Å². The van der Waals surface area contributed by atoms with Crippen LogP contribution in [0.5, 0.6) is 0 Å². The molecule has 2 N–H and O–H groups in total. The number of unbranched alkanes of at least 4 members (excludes halogenated alkanes) is 2. The number of carboxylic acids is 2. The summed E-state index contributed by atoms with van der Waals surface area (Å²) < 4.78 is 0. The third-order valence-electron chi connectivity index (χ3n) is 5.84. The zero-order chi connectivity index (χ0) is 21.5. The normalized spacial score (nSPS) is 12.2. The molecule has 0 aliphatic carbocycles. The molecule has 4 heteroatoms. The predicted molar refractivity (Wildman–Crippen MR) is 114 cm³/mol. The number of hydrogen-bond acceptors (Lipinski definition) is 2. The highest BCUT2D eigenvalue weighted by Crippen LogP contribution is 2.27. The van der Waals surface area contributed by atoms with E-state index >= 15 is 0 Å². The summed E-state index contributed by atoms with van der Waals surface area (Å²) in [6, 6.07) is 4.47. The minimum atomic E-state index is -0.733. The summed E-state index contributed by atoms with van der Waals surface area (Å²) in [4.78, 5) is 22.5. The summed E-state index contributed by atoms with van der Waals surface area (Å²) in [6.07, 6.45) is 7.08. The van der Waals surface area contributed by atoms with Crippen LogP contribution in [0.1, 0.15) is 88.5 Å². The van der Waals surface area contributed by atoms with Crippen LogP contribution in [0.3, 0.4) is 0 Å². The fourth-order valence-electron chi connectivity index (χ4n) is 3.63. The zero-order valence-corrected chi connectivity index (χ0v) is 18.5. The quantitative estimate of drug-likeness (QED) is 0.432. The predicted octanol–water partition coefficient (Wildman–Crippen LogP) is 5.95. The molecular formula is C24H38O4. The second kappa shape index (κ2) is 10.1. The lowest BCUT2D eigenvalue weighted by atomic mass is 9.85. The fraction of sp³-hybridized carbons (Fsp3) is 0.667. The highest BCUT2D eigenvalue weighted by Gasteiger charge is 2.27. The molecule has 0 aliphatic heterocycles. The van der Waals surface area contributed by atoms with E-state index in [9.17, 15) is 19.8 Å². The van der Waals surface area contributed by atoms with Crippen LogP contribution in [0.25, 0.3) is 0 Å². The van der Waals surface area contributed by atoms with Crippen molar-refractivity contribution in [2.45, 2.75) is 92.9 Å². The van der Waals surface area contributed by atoms with Gasteiger partial charge >= 0.3 is 11.9 Å². The largest absolute Gasteiger partial charge is 0.481 e. The van der Waals surface area contributed by atoms with E-state index < -0.39 is 22.8 Å². The Labute approximate surface area is 170 Å². The number of rotatable bonds is 12. The molecule has 0 bridgehead atoms. The molecule has 1 rings (SSSR count). The third-order valence-corrected chi connectivity index (χ3v) is 5.84. The van der Waals surface area contributed by atoms with Gasteiger partial charge in [-0.15, -0.1) is 0 Å². The van der Waals surface area contributed by atoms with Gasteiger partial charge in [-0.25, -0.2) is 0 Å². The smallest absolute Gasteiger partial charge is 0.309 e. The van der Waals surface area contributed by atoms with E-state index in [1.807, 2.05) is 0 Å². The minimum absolute atomic E-state index is 0.664. The molecule has 1 aromatic carbocycles. The molecule has 0 radical (unpaired) electrons. The molecule has 0 saturated heterocycles. The number of hydrogen-bond donors (Lipinski definition) is 2. The van der Waals surface area contributed by atoms with Gasteiger partial charge < -0.3 is 10.2 Å². The van der Waals surface area contributed by atoms with Crippen LogP contribution in [0.2, 0.25) is 0 Å². The number of benzene rings is 1. The van der Waals surface area contributed by atoms with Crippen molar-refractivity contribution in [3.63, 3.8) is 0 Å². The van der Waals surface area contributed by atoms with E-state index in [4.69, 9.17) is 0 Å². The molecule has 4 nitrogen and oxygen atoms in total. The molecule has 28 heavy (non-hydrogen) atoms. The highest BCUT2D eigenvalue weighted by atomic mass is 16.4. The maximum absolute atomic E-state index is 11.3. The lowest BCUT2D eigenvalue weighted by Gasteiger charge is -2.20. The summed E-state index contributed by atoms with van der Waals surface area (Å²) in [5, 5.41) is 18.5. The van der Waals surface area contributed by atoms with Crippen molar-refractivity contribution in [2.75, 3.05) is 0 Å². The third kappa shape index (κ3) is 7.29. The molecule has 0 aliphatic rings. The molecule has 0 amide bonds. The van der Waals surface area contributed by atoms with Crippen molar-refractivity contribution in [1.29, 1.82) is 0 Å². The lowest BCUT2D eigenvalue weighted by molar-refractivity contribution is -0.148. The average Bonchev–Trinajstić information content (AvgIpc) is 2.56. The SMILES string of the molecule is Cc1cc(C)c(CCCCC(C)(C)C(=O)O)c(CCCCC(C)(C)C(=O)O)c1. The second-order valence-electron chi connectivity index (χ2n) is 9.51. The minimum Gasteiger partial charge on any atom is -0.481 e. The van der Waals surface area contributed by atoms with Crippen molar-refractivity contribution in [3.05, 3.63) is 34.4 Å². The molecule has 0 spiro atoms. The van der Waals surface area contributed by atoms with Gasteiger partial charge in [0.15, 0.2) is 0 Å². The Morgan fingerprint density at radius 3 is 1.71 bits per heavy atom. The van der Waals surface area contributed by atoms with Gasteiger partial charge in [0.25, 0.3) is 0 Å². The van der Waals surface area contributed by atoms with Crippen LogP contribution >= 0.6 is 0 Å². The topological polar surface area (TPSA) is 74.6 Å². The Morgan fingerprint density at radius 1 is 0.786 bits per heavy atom. The molecular weight excluding hydrogens is 352 g/mol. The molecule has 0 aromatic heterocycles. The second-order valence-corrected chi connectivity index (χ2v) is 9.51. The number of carboxylic acid groups (broad SMARTS) is 2. The van der Waals surface area contributed by atoms with E-state index in [-0.39, 0.29) is 0 Å². The van der Waals surface area contributed by atoms with Crippen LogP contribution in [-0.4, -0.2) is 22.2 Å². The molecule has 1 aromatic rings. The van der Waals surface area contributed by atoms with Crippen molar-refractivity contribution in [1.82, 2.24) is 0 Å². The van der Waals surface area contributed by atoms with E-state index in [2.05, 4.69) is 26.0 Å². The van der Waals surface area contributed by atoms with E-state index in [0.29, 0.717) is 12.8 Å². The Hall–Kier alpha value is -1.84. The van der Waals surface area contributed by atoms with Gasteiger partial charge in [-0.3, -0.25) is 9.59 Å². The summed E-state index contributed by atoms with van der Waals surface area (Å²) in [7, 11) is 0. The molecule has 0 unspecified atom stereocenters. The van der Waals surface area contributed by atoms with Gasteiger partial charge in [-0.1, -0.05) is 30.5 Å². The maximum Gasteiger partial charge on any atom is 0.309 e. The molecule has 0 atom stereocenters. The average molecular weight is 391 g/mol. The maximum atomic E-state index is 11.3. The lowest BCUT2D eigenvalue weighted by Crippen LogP contribution is -2.23. The van der Waals surface area contributed by atoms with E-state index in [1.54, 1.807) is 27.7 Å². The summed E-state index contributed by atoms with van der Waals surface area (Å²) in [6.45, 7) is 11.4. The number of aliphatic carboxylic acids is 2. The van der Waals surface area contributed by atoms with Crippen LogP contribution < -0.4 is 0 Å². The standard InChI is InChI=1S/C24H38O4/c1-17-15-18(2)20(12-8-10-14-24(5,6)22(27)28)19(16-17)11-7-9-13-23(3,4)21(25)26/h15-16H,7-14H2,1-6H3,(H,25,26)(H,27,28). The van der Waals surface area contributed by atoms with Crippen LogP contribution in [0, 0.1) is 24.7 Å². The van der Waals surface area contributed by atoms with Crippen LogP contribution in [0.4, 0.5) is 0 Å². The molecule has 0 heterocycles. The first kappa shape index (κ1) is 24.2. The van der Waals surface area contributed by atoms with E-state index in [1.165, 1.54) is 22.3 Å². The fourth-order valence-corrected chi connectivity index (χ4v) is 3.63. The first-order chi connectivity index (χ1) is 12.9. The Balaban J connectivity index is 2.67. The summed E-state index contributed by atoms with van der Waals surface area (Å²) in [5.41, 5.74) is 3.98. The van der Waals surface area contributed by atoms with E-state index in [0.717, 1.165) is 38.5 Å². The monoisotopic (exact) mass is 390 g/mol. The highest BCUT2D eigenvalue weighted by molar-refractivity contribution is 5.73. The number of aryl methyl sites for hydroxylation is 3. The Bertz CT molecular complexity index is 686. The molecule has 0 fully saturated rings. The summed E-state index contributed by atoms with van der Waals surface area (Å²) in [5.74, 6) is -1.46. The van der Waals surface area contributed by atoms with Crippen molar-refractivity contribution in [3.8, 4) is 0 Å². The van der Waals surface area contributed by atoms with Crippen LogP contribution in [-0.2, 0) is 22.4 Å². The number of carbonyl (C=O) groups is 2. The van der Waals surface area contributed by atoms with Crippen molar-refractivity contribution >= 4 is 11.9 Å². The molecule has 158 valence electrons. The van der Waals surface area contributed by atoms with Crippen molar-refractivity contribution < 1.29 is 19.8 Å². The zero-order valence-electron chi connectivity index (χ0n) is 18.5. The van der Waals surface area contributed by atoms with Gasteiger partial charge in [-0.2, -0.15) is 0 Å². The van der Waals surface area contributed by atoms with Gasteiger partial charge in [0.05, 0.1) is 10.8 Å². The van der Waals surface area contributed by atoms with Crippen LogP contribution in [0.15, 0.2) is 12.1 Å². The first-order valence-electron chi connectivity index (χ1n) is 10.4. The van der Waals surface area contributed by atoms with Gasteiger partial charge in [0.2, 0.25) is 0 Å².